The lowest BCUT2D eigenvalue weighted by Gasteiger charge is -2.35. The maximum absolute atomic E-state index is 12.7. The zero-order chi connectivity index (χ0) is 18.7. The molecule has 0 saturated carbocycles. The van der Waals surface area contributed by atoms with Gasteiger partial charge in [0.2, 0.25) is 5.91 Å². The van der Waals surface area contributed by atoms with Crippen molar-refractivity contribution < 1.29 is 9.53 Å². The molecule has 0 bridgehead atoms. The van der Waals surface area contributed by atoms with Crippen LogP contribution in [0.15, 0.2) is 30.3 Å². The van der Waals surface area contributed by atoms with E-state index < -0.39 is 0 Å². The van der Waals surface area contributed by atoms with Gasteiger partial charge in [-0.25, -0.2) is 4.68 Å². The van der Waals surface area contributed by atoms with E-state index in [1.165, 1.54) is 0 Å². The highest BCUT2D eigenvalue weighted by Gasteiger charge is 2.35. The number of piperazine rings is 1. The fraction of sp³-hybridized carbons (Fsp3) is 0.500. The maximum Gasteiger partial charge on any atom is 0.242 e. The first-order valence-corrected chi connectivity index (χ1v) is 9.24. The van der Waals surface area contributed by atoms with Crippen LogP contribution in [-0.2, 0) is 9.53 Å². The first-order valence-electron chi connectivity index (χ1n) is 9.24. The Balaban J connectivity index is 1.91. The van der Waals surface area contributed by atoms with Crippen molar-refractivity contribution in [3.63, 3.8) is 0 Å². The summed E-state index contributed by atoms with van der Waals surface area (Å²) in [5.41, 5.74) is 3.90. The molecule has 3 rings (SSSR count). The van der Waals surface area contributed by atoms with Crippen molar-refractivity contribution in [2.75, 3.05) is 26.2 Å². The summed E-state index contributed by atoms with van der Waals surface area (Å²) in [5.74, 6) is 0.0413. The second-order valence-corrected chi connectivity index (χ2v) is 6.98. The number of aryl methyl sites for hydroxylation is 1. The van der Waals surface area contributed by atoms with Crippen molar-refractivity contribution in [2.24, 2.45) is 0 Å². The Labute approximate surface area is 155 Å². The minimum Gasteiger partial charge on any atom is -0.377 e. The fourth-order valence-electron chi connectivity index (χ4n) is 3.55. The number of nitrogens with zero attached hydrogens (tertiary/aromatic N) is 3. The number of carbonyl (C=O) groups is 1. The molecule has 0 spiro atoms. The number of benzene rings is 1. The Morgan fingerprint density at radius 1 is 1.27 bits per heavy atom. The fourth-order valence-corrected chi connectivity index (χ4v) is 3.55. The highest BCUT2D eigenvalue weighted by Crippen LogP contribution is 2.30. The zero-order valence-corrected chi connectivity index (χ0v) is 16.0. The Bertz CT molecular complexity index is 755. The van der Waals surface area contributed by atoms with Crippen molar-refractivity contribution in [1.82, 2.24) is 20.0 Å². The lowest BCUT2D eigenvalue weighted by molar-refractivity contribution is -0.129. The zero-order valence-electron chi connectivity index (χ0n) is 16.0. The molecule has 140 valence electrons. The molecule has 0 radical (unpaired) electrons. The third-order valence-electron chi connectivity index (χ3n) is 4.76. The van der Waals surface area contributed by atoms with Crippen molar-refractivity contribution in [3.8, 4) is 5.69 Å². The molecule has 1 aromatic heterocycles. The van der Waals surface area contributed by atoms with Crippen LogP contribution in [0.4, 0.5) is 0 Å². The van der Waals surface area contributed by atoms with Gasteiger partial charge in [-0.15, -0.1) is 0 Å². The van der Waals surface area contributed by atoms with Crippen LogP contribution in [0.1, 0.15) is 36.8 Å². The molecule has 2 heterocycles. The minimum atomic E-state index is -0.322. The largest absolute Gasteiger partial charge is 0.377 e. The van der Waals surface area contributed by atoms with Crippen LogP contribution in [-0.4, -0.2) is 52.9 Å². The lowest BCUT2D eigenvalue weighted by atomic mass is 10.0. The van der Waals surface area contributed by atoms with Gasteiger partial charge in [-0.05, 0) is 39.8 Å². The predicted octanol–water partition coefficient (Wildman–Crippen LogP) is 2.39. The third kappa shape index (κ3) is 3.81. The summed E-state index contributed by atoms with van der Waals surface area (Å²) in [6.45, 7) is 10.9. The molecular weight excluding hydrogens is 328 g/mol. The molecule has 0 aliphatic carbocycles. The molecule has 1 unspecified atom stereocenters. The van der Waals surface area contributed by atoms with Crippen molar-refractivity contribution in [2.45, 2.75) is 39.8 Å². The molecule has 1 aromatic carbocycles. The van der Waals surface area contributed by atoms with Gasteiger partial charge in [0.1, 0.15) is 6.04 Å². The maximum atomic E-state index is 12.7. The summed E-state index contributed by atoms with van der Waals surface area (Å²) in [4.78, 5) is 14.9. The molecule has 1 atom stereocenters. The van der Waals surface area contributed by atoms with Crippen LogP contribution in [0, 0.1) is 13.8 Å². The van der Waals surface area contributed by atoms with Crippen molar-refractivity contribution in [3.05, 3.63) is 47.3 Å². The second-order valence-electron chi connectivity index (χ2n) is 6.98. The average molecular weight is 356 g/mol. The number of para-hydroxylation sites is 1. The Hall–Kier alpha value is -2.18. The molecule has 2 aromatic rings. The van der Waals surface area contributed by atoms with E-state index in [9.17, 15) is 4.79 Å². The van der Waals surface area contributed by atoms with Crippen LogP contribution in [0.25, 0.3) is 5.69 Å². The summed E-state index contributed by atoms with van der Waals surface area (Å²) >= 11 is 0. The summed E-state index contributed by atoms with van der Waals surface area (Å²) in [6.07, 6.45) is 0.191. The van der Waals surface area contributed by atoms with E-state index in [4.69, 9.17) is 9.84 Å². The van der Waals surface area contributed by atoms with Gasteiger partial charge in [0, 0.05) is 30.9 Å². The van der Waals surface area contributed by atoms with Gasteiger partial charge in [0.05, 0.1) is 24.1 Å². The molecule has 1 aliphatic rings. The molecule has 1 amide bonds. The van der Waals surface area contributed by atoms with Crippen LogP contribution in [0.5, 0.6) is 0 Å². The molecule has 6 heteroatoms. The minimum absolute atomic E-state index is 0.0413. The normalized spacial score (nSPS) is 18.3. The average Bonchev–Trinajstić information content (AvgIpc) is 2.90. The van der Waals surface area contributed by atoms with Gasteiger partial charge in [0.15, 0.2) is 0 Å². The molecular formula is C20H28N4O2. The quantitative estimate of drug-likeness (QED) is 0.863. The highest BCUT2D eigenvalue weighted by molar-refractivity contribution is 5.84. The molecule has 1 N–H and O–H groups in total. The summed E-state index contributed by atoms with van der Waals surface area (Å²) in [7, 11) is 0. The van der Waals surface area contributed by atoms with E-state index in [2.05, 4.69) is 10.2 Å². The van der Waals surface area contributed by atoms with Gasteiger partial charge < -0.3 is 10.1 Å². The Morgan fingerprint density at radius 3 is 2.69 bits per heavy atom. The smallest absolute Gasteiger partial charge is 0.242 e. The number of aromatic nitrogens is 2. The number of hydrogen-bond acceptors (Lipinski definition) is 4. The highest BCUT2D eigenvalue weighted by atomic mass is 16.5. The molecule has 1 aliphatic heterocycles. The van der Waals surface area contributed by atoms with E-state index in [1.54, 1.807) is 0 Å². The lowest BCUT2D eigenvalue weighted by Crippen LogP contribution is -2.51. The van der Waals surface area contributed by atoms with E-state index in [0.717, 1.165) is 35.7 Å². The van der Waals surface area contributed by atoms with Crippen molar-refractivity contribution in [1.29, 1.82) is 0 Å². The number of hydrogen-bond donors (Lipinski definition) is 1. The van der Waals surface area contributed by atoms with Gasteiger partial charge in [-0.1, -0.05) is 18.2 Å². The monoisotopic (exact) mass is 356 g/mol. The van der Waals surface area contributed by atoms with Gasteiger partial charge in [0.25, 0.3) is 0 Å². The van der Waals surface area contributed by atoms with Gasteiger partial charge in [-0.2, -0.15) is 5.10 Å². The topological polar surface area (TPSA) is 59.4 Å². The second kappa shape index (κ2) is 8.01. The van der Waals surface area contributed by atoms with E-state index in [1.807, 2.05) is 62.7 Å². The molecule has 1 saturated heterocycles. The summed E-state index contributed by atoms with van der Waals surface area (Å²) in [6, 6.07) is 9.71. The van der Waals surface area contributed by atoms with Crippen molar-refractivity contribution >= 4 is 5.91 Å². The van der Waals surface area contributed by atoms with E-state index in [0.29, 0.717) is 13.2 Å². The van der Waals surface area contributed by atoms with Crippen LogP contribution in [0.3, 0.4) is 0 Å². The third-order valence-corrected chi connectivity index (χ3v) is 4.76. The predicted molar refractivity (Wildman–Crippen MR) is 101 cm³/mol. The number of carbonyl (C=O) groups excluding carboxylic acids is 1. The molecule has 1 fully saturated rings. The SMILES string of the molecule is Cc1nn(-c2ccccc2)c(C)c1C1C(=O)NCCN1CCOC(C)C. The standard InChI is InChI=1S/C20H28N4O2/c1-14(2)26-13-12-23-11-10-21-20(25)19(23)18-15(3)22-24(16(18)4)17-8-6-5-7-9-17/h5-9,14,19H,10-13H2,1-4H3,(H,21,25). The van der Waals surface area contributed by atoms with Crippen LogP contribution < -0.4 is 5.32 Å². The summed E-state index contributed by atoms with van der Waals surface area (Å²) in [5, 5.41) is 7.72. The van der Waals surface area contributed by atoms with Gasteiger partial charge >= 0.3 is 0 Å². The Kier molecular flexibility index (Phi) is 5.74. The van der Waals surface area contributed by atoms with Gasteiger partial charge in [-0.3, -0.25) is 9.69 Å². The number of rotatable bonds is 6. The van der Waals surface area contributed by atoms with E-state index in [-0.39, 0.29) is 18.1 Å². The number of ether oxygens (including phenoxy) is 1. The van der Waals surface area contributed by atoms with E-state index >= 15 is 0 Å². The Morgan fingerprint density at radius 2 is 2.00 bits per heavy atom. The number of nitrogens with one attached hydrogen (secondary N) is 1. The number of amides is 1. The van der Waals surface area contributed by atoms with Crippen LogP contribution >= 0.6 is 0 Å². The molecule has 26 heavy (non-hydrogen) atoms. The summed E-state index contributed by atoms with van der Waals surface area (Å²) < 4.78 is 7.63. The first-order chi connectivity index (χ1) is 12.5. The molecule has 6 nitrogen and oxygen atoms in total. The van der Waals surface area contributed by atoms with Crippen LogP contribution in [0.2, 0.25) is 0 Å². The first kappa shape index (κ1) is 18.6.